The standard InChI is InChI=1S/C24H24ClN3O3S/c1-5-9-27-14(2)10-20(16(27)4)21(29)13-31-24(30)22-12-19-15(3)26-28(23(19)32-22)18-8-6-7-17(25)11-18/h6-8,10-12H,5,9,13H2,1-4H3. The van der Waals surface area contributed by atoms with E-state index in [1.807, 2.05) is 45.0 Å². The third-order valence-corrected chi connectivity index (χ3v) is 6.78. The summed E-state index contributed by atoms with van der Waals surface area (Å²) in [6, 6.07) is 11.0. The number of aryl methyl sites for hydroxylation is 2. The highest BCUT2D eigenvalue weighted by atomic mass is 35.5. The molecule has 166 valence electrons. The fraction of sp³-hybridized carbons (Fsp3) is 0.292. The minimum Gasteiger partial charge on any atom is -0.453 e. The molecule has 4 rings (SSSR count). The number of hydrogen-bond acceptors (Lipinski definition) is 5. The number of benzene rings is 1. The highest BCUT2D eigenvalue weighted by Crippen LogP contribution is 2.31. The number of aromatic nitrogens is 3. The first-order valence-corrected chi connectivity index (χ1v) is 11.6. The van der Waals surface area contributed by atoms with Gasteiger partial charge in [0.1, 0.15) is 9.71 Å². The van der Waals surface area contributed by atoms with Crippen molar-refractivity contribution < 1.29 is 14.3 Å². The van der Waals surface area contributed by atoms with Crippen LogP contribution in [0.4, 0.5) is 0 Å². The van der Waals surface area contributed by atoms with E-state index in [4.69, 9.17) is 16.3 Å². The lowest BCUT2D eigenvalue weighted by Crippen LogP contribution is -2.14. The second-order valence-electron chi connectivity index (χ2n) is 7.74. The average molecular weight is 470 g/mol. The summed E-state index contributed by atoms with van der Waals surface area (Å²) in [6.45, 7) is 8.46. The molecular formula is C24H24ClN3O3S. The molecule has 3 heterocycles. The van der Waals surface area contributed by atoms with Crippen LogP contribution >= 0.6 is 22.9 Å². The molecule has 0 unspecified atom stereocenters. The summed E-state index contributed by atoms with van der Waals surface area (Å²) < 4.78 is 9.26. The van der Waals surface area contributed by atoms with Crippen LogP contribution in [-0.2, 0) is 11.3 Å². The Bertz CT molecular complexity index is 1330. The molecule has 0 saturated carbocycles. The van der Waals surface area contributed by atoms with E-state index in [1.54, 1.807) is 16.8 Å². The van der Waals surface area contributed by atoms with E-state index in [0.29, 0.717) is 15.5 Å². The number of nitrogens with zero attached hydrogens (tertiary/aromatic N) is 3. The molecule has 0 spiro atoms. The highest BCUT2D eigenvalue weighted by molar-refractivity contribution is 7.20. The average Bonchev–Trinajstić information content (AvgIpc) is 3.41. The van der Waals surface area contributed by atoms with Crippen LogP contribution in [0.25, 0.3) is 15.9 Å². The Balaban J connectivity index is 1.53. The minimum atomic E-state index is -0.515. The molecule has 0 fully saturated rings. The van der Waals surface area contributed by atoms with Gasteiger partial charge in [0.05, 0.1) is 11.4 Å². The maximum absolute atomic E-state index is 12.7. The molecule has 0 aliphatic rings. The van der Waals surface area contributed by atoms with Gasteiger partial charge in [-0.05, 0) is 57.5 Å². The molecule has 0 amide bonds. The zero-order chi connectivity index (χ0) is 23.0. The van der Waals surface area contributed by atoms with Gasteiger partial charge < -0.3 is 9.30 Å². The minimum absolute atomic E-state index is 0.198. The Hall–Kier alpha value is -2.90. The highest BCUT2D eigenvalue weighted by Gasteiger charge is 2.21. The Morgan fingerprint density at radius 2 is 1.94 bits per heavy atom. The van der Waals surface area contributed by atoms with Crippen molar-refractivity contribution in [1.29, 1.82) is 0 Å². The first-order chi connectivity index (χ1) is 15.3. The topological polar surface area (TPSA) is 66.1 Å². The molecule has 0 N–H and O–H groups in total. The summed E-state index contributed by atoms with van der Waals surface area (Å²) >= 11 is 7.41. The number of ether oxygens (including phenoxy) is 1. The summed E-state index contributed by atoms with van der Waals surface area (Å²) in [5.74, 6) is -0.713. The molecule has 32 heavy (non-hydrogen) atoms. The second kappa shape index (κ2) is 8.92. The molecule has 0 aliphatic carbocycles. The first kappa shape index (κ1) is 22.3. The van der Waals surface area contributed by atoms with Crippen LogP contribution in [-0.4, -0.2) is 32.7 Å². The maximum Gasteiger partial charge on any atom is 0.348 e. The molecule has 0 bridgehead atoms. The number of fused-ring (bicyclic) bond motifs is 1. The van der Waals surface area contributed by atoms with Crippen LogP contribution < -0.4 is 0 Å². The van der Waals surface area contributed by atoms with Gasteiger partial charge in [-0.3, -0.25) is 4.79 Å². The van der Waals surface area contributed by atoms with Crippen LogP contribution in [0, 0.1) is 20.8 Å². The molecule has 0 aliphatic heterocycles. The summed E-state index contributed by atoms with van der Waals surface area (Å²) in [5.41, 5.74) is 4.16. The monoisotopic (exact) mass is 469 g/mol. The fourth-order valence-electron chi connectivity index (χ4n) is 3.86. The van der Waals surface area contributed by atoms with Gasteiger partial charge in [0.15, 0.2) is 6.61 Å². The SMILES string of the molecule is CCCn1c(C)cc(C(=O)COC(=O)c2cc3c(C)nn(-c4cccc(Cl)c4)c3s2)c1C. The number of carbonyl (C=O) groups excluding carboxylic acids is 2. The van der Waals surface area contributed by atoms with Gasteiger partial charge in [-0.15, -0.1) is 11.3 Å². The van der Waals surface area contributed by atoms with Crippen molar-refractivity contribution >= 4 is 44.9 Å². The molecule has 0 radical (unpaired) electrons. The van der Waals surface area contributed by atoms with Gasteiger partial charge in [0.2, 0.25) is 5.78 Å². The van der Waals surface area contributed by atoms with Gasteiger partial charge in [0, 0.05) is 33.9 Å². The van der Waals surface area contributed by atoms with Crippen molar-refractivity contribution in [2.45, 2.75) is 40.7 Å². The molecule has 1 aromatic carbocycles. The second-order valence-corrected chi connectivity index (χ2v) is 9.21. The number of halogens is 1. The number of Topliss-reactive ketones (excluding diaryl/α,β-unsaturated/α-hetero) is 1. The van der Waals surface area contributed by atoms with Crippen molar-refractivity contribution in [2.24, 2.45) is 0 Å². The predicted molar refractivity (Wildman–Crippen MR) is 128 cm³/mol. The van der Waals surface area contributed by atoms with Crippen LogP contribution in [0.2, 0.25) is 5.02 Å². The summed E-state index contributed by atoms with van der Waals surface area (Å²) in [5, 5.41) is 6.05. The van der Waals surface area contributed by atoms with Gasteiger partial charge >= 0.3 is 5.97 Å². The van der Waals surface area contributed by atoms with E-state index in [-0.39, 0.29) is 12.4 Å². The Morgan fingerprint density at radius 1 is 1.16 bits per heavy atom. The third-order valence-electron chi connectivity index (χ3n) is 5.45. The van der Waals surface area contributed by atoms with Crippen molar-refractivity contribution in [1.82, 2.24) is 14.3 Å². The molecular weight excluding hydrogens is 446 g/mol. The maximum atomic E-state index is 12.7. The lowest BCUT2D eigenvalue weighted by Gasteiger charge is -2.07. The van der Waals surface area contributed by atoms with E-state index in [9.17, 15) is 9.59 Å². The van der Waals surface area contributed by atoms with Gasteiger partial charge in [-0.25, -0.2) is 9.48 Å². The Labute approximate surface area is 195 Å². The van der Waals surface area contributed by atoms with E-state index in [0.717, 1.165) is 46.0 Å². The van der Waals surface area contributed by atoms with E-state index < -0.39 is 5.97 Å². The first-order valence-electron chi connectivity index (χ1n) is 10.4. The summed E-state index contributed by atoms with van der Waals surface area (Å²) in [6.07, 6.45) is 0.983. The van der Waals surface area contributed by atoms with Crippen LogP contribution in [0.3, 0.4) is 0 Å². The van der Waals surface area contributed by atoms with Crippen molar-refractivity contribution in [3.8, 4) is 5.69 Å². The van der Waals surface area contributed by atoms with E-state index in [1.165, 1.54) is 11.3 Å². The van der Waals surface area contributed by atoms with Crippen LogP contribution in [0.1, 0.15) is 50.5 Å². The molecule has 6 nitrogen and oxygen atoms in total. The van der Waals surface area contributed by atoms with Crippen molar-refractivity contribution in [2.75, 3.05) is 6.61 Å². The number of rotatable bonds is 7. The van der Waals surface area contributed by atoms with Gasteiger partial charge in [-0.2, -0.15) is 5.10 Å². The summed E-state index contributed by atoms with van der Waals surface area (Å²) in [4.78, 5) is 26.7. The lowest BCUT2D eigenvalue weighted by atomic mass is 10.1. The Morgan fingerprint density at radius 3 is 2.66 bits per heavy atom. The third kappa shape index (κ3) is 4.10. The molecule has 8 heteroatoms. The number of carbonyl (C=O) groups is 2. The van der Waals surface area contributed by atoms with Crippen molar-refractivity contribution in [3.63, 3.8) is 0 Å². The number of esters is 1. The molecule has 0 saturated heterocycles. The van der Waals surface area contributed by atoms with Crippen molar-refractivity contribution in [3.05, 3.63) is 68.9 Å². The number of hydrogen-bond donors (Lipinski definition) is 0. The van der Waals surface area contributed by atoms with E-state index >= 15 is 0 Å². The lowest BCUT2D eigenvalue weighted by molar-refractivity contribution is 0.0479. The largest absolute Gasteiger partial charge is 0.453 e. The van der Waals surface area contributed by atoms with Crippen LogP contribution in [0.15, 0.2) is 36.4 Å². The number of ketones is 1. The Kier molecular flexibility index (Phi) is 6.22. The van der Waals surface area contributed by atoms with Crippen LogP contribution in [0.5, 0.6) is 0 Å². The predicted octanol–water partition coefficient (Wildman–Crippen LogP) is 5.92. The zero-order valence-corrected chi connectivity index (χ0v) is 20.0. The normalized spacial score (nSPS) is 11.3. The fourth-order valence-corrected chi connectivity index (χ4v) is 5.12. The van der Waals surface area contributed by atoms with Gasteiger partial charge in [-0.1, -0.05) is 24.6 Å². The molecule has 3 aromatic heterocycles. The zero-order valence-electron chi connectivity index (χ0n) is 18.4. The quantitative estimate of drug-likeness (QED) is 0.249. The summed E-state index contributed by atoms with van der Waals surface area (Å²) in [7, 11) is 0. The van der Waals surface area contributed by atoms with Gasteiger partial charge in [0.25, 0.3) is 0 Å². The molecule has 4 aromatic rings. The molecule has 0 atom stereocenters. The smallest absolute Gasteiger partial charge is 0.348 e. The number of thiophene rings is 1. The van der Waals surface area contributed by atoms with E-state index in [2.05, 4.69) is 16.6 Å².